The summed E-state index contributed by atoms with van der Waals surface area (Å²) in [5.74, 6) is -1.43. The average molecular weight is 291 g/mol. The van der Waals surface area contributed by atoms with Crippen molar-refractivity contribution in [3.05, 3.63) is 58.9 Å². The van der Waals surface area contributed by atoms with Crippen molar-refractivity contribution < 1.29 is 18.7 Å². The summed E-state index contributed by atoms with van der Waals surface area (Å²) >= 11 is 6.00. The molecule has 0 fully saturated rings. The molecule has 0 atom stereocenters. The van der Waals surface area contributed by atoms with Gasteiger partial charge in [-0.25, -0.2) is 9.18 Å². The van der Waals surface area contributed by atoms with Crippen LogP contribution in [0.3, 0.4) is 0 Å². The van der Waals surface area contributed by atoms with Gasteiger partial charge >= 0.3 is 5.97 Å². The van der Waals surface area contributed by atoms with Crippen molar-refractivity contribution in [1.82, 2.24) is 0 Å². The molecular formula is C15H8ClFO3. The lowest BCUT2D eigenvalue weighted by Gasteiger charge is -2.01. The van der Waals surface area contributed by atoms with Crippen molar-refractivity contribution in [3.8, 4) is 11.3 Å². The summed E-state index contributed by atoms with van der Waals surface area (Å²) in [6.07, 6.45) is 0. The highest BCUT2D eigenvalue weighted by molar-refractivity contribution is 6.34. The van der Waals surface area contributed by atoms with Crippen molar-refractivity contribution in [2.24, 2.45) is 0 Å². The van der Waals surface area contributed by atoms with E-state index in [0.29, 0.717) is 10.6 Å². The molecule has 0 saturated heterocycles. The van der Waals surface area contributed by atoms with E-state index in [0.717, 1.165) is 11.5 Å². The molecule has 5 heteroatoms. The first-order chi connectivity index (χ1) is 9.56. The summed E-state index contributed by atoms with van der Waals surface area (Å²) in [5.41, 5.74) is 0.536. The highest BCUT2D eigenvalue weighted by atomic mass is 35.5. The topological polar surface area (TPSA) is 50.4 Å². The minimum Gasteiger partial charge on any atom is -0.478 e. The van der Waals surface area contributed by atoms with Crippen LogP contribution in [-0.4, -0.2) is 11.1 Å². The molecule has 0 bridgehead atoms. The summed E-state index contributed by atoms with van der Waals surface area (Å²) < 4.78 is 19.4. The van der Waals surface area contributed by atoms with Crippen LogP contribution in [0.25, 0.3) is 22.3 Å². The maximum atomic E-state index is 13.9. The summed E-state index contributed by atoms with van der Waals surface area (Å²) in [7, 11) is 0. The zero-order valence-electron chi connectivity index (χ0n) is 10.1. The lowest BCUT2D eigenvalue weighted by atomic mass is 10.1. The monoisotopic (exact) mass is 290 g/mol. The van der Waals surface area contributed by atoms with Gasteiger partial charge in [0.25, 0.3) is 0 Å². The summed E-state index contributed by atoms with van der Waals surface area (Å²) in [6, 6.07) is 10.4. The molecule has 0 aliphatic heterocycles. The molecule has 0 aliphatic carbocycles. The van der Waals surface area contributed by atoms with E-state index < -0.39 is 11.8 Å². The van der Waals surface area contributed by atoms with Gasteiger partial charge in [-0.15, -0.1) is 0 Å². The second-order valence-electron chi connectivity index (χ2n) is 4.27. The molecule has 0 aliphatic rings. The van der Waals surface area contributed by atoms with Crippen LogP contribution in [0.4, 0.5) is 4.39 Å². The quantitative estimate of drug-likeness (QED) is 0.751. The van der Waals surface area contributed by atoms with Crippen LogP contribution in [0, 0.1) is 5.82 Å². The molecule has 3 aromatic rings. The highest BCUT2D eigenvalue weighted by Gasteiger charge is 2.15. The predicted octanol–water partition coefficient (Wildman–Crippen LogP) is 4.59. The molecule has 2 aromatic carbocycles. The van der Waals surface area contributed by atoms with Crippen LogP contribution in [-0.2, 0) is 0 Å². The number of carboxylic acid groups (broad SMARTS) is 1. The van der Waals surface area contributed by atoms with E-state index in [9.17, 15) is 9.18 Å². The van der Waals surface area contributed by atoms with E-state index in [4.69, 9.17) is 21.1 Å². The molecule has 1 aromatic heterocycles. The molecule has 0 radical (unpaired) electrons. The predicted molar refractivity (Wildman–Crippen MR) is 73.6 cm³/mol. The van der Waals surface area contributed by atoms with Crippen LogP contribution in [0.5, 0.6) is 0 Å². The third-order valence-corrected chi connectivity index (χ3v) is 3.27. The smallest absolute Gasteiger partial charge is 0.335 e. The first-order valence-corrected chi connectivity index (χ1v) is 6.15. The van der Waals surface area contributed by atoms with E-state index in [2.05, 4.69) is 0 Å². The molecular weight excluding hydrogens is 283 g/mol. The standard InChI is InChI=1S/C15H8ClFO3/c16-11-3-1-2-8-7-13(20-14(8)11)10-6-9(15(18)19)4-5-12(10)17/h1-7H,(H,18,19). The Labute approximate surface area is 118 Å². The van der Waals surface area contributed by atoms with Gasteiger partial charge in [0.1, 0.15) is 11.6 Å². The zero-order chi connectivity index (χ0) is 14.3. The maximum Gasteiger partial charge on any atom is 0.335 e. The normalized spacial score (nSPS) is 10.9. The van der Waals surface area contributed by atoms with Crippen molar-refractivity contribution in [3.63, 3.8) is 0 Å². The Morgan fingerprint density at radius 1 is 1.20 bits per heavy atom. The van der Waals surface area contributed by atoms with Crippen molar-refractivity contribution >= 4 is 28.5 Å². The summed E-state index contributed by atoms with van der Waals surface area (Å²) in [6.45, 7) is 0. The Bertz CT molecular complexity index is 823. The molecule has 3 nitrogen and oxygen atoms in total. The van der Waals surface area contributed by atoms with Gasteiger partial charge in [0.2, 0.25) is 0 Å². The molecule has 0 unspecified atom stereocenters. The number of benzene rings is 2. The number of fused-ring (bicyclic) bond motifs is 1. The van der Waals surface area contributed by atoms with Gasteiger partial charge in [0.05, 0.1) is 16.1 Å². The fraction of sp³-hybridized carbons (Fsp3) is 0. The Morgan fingerprint density at radius 2 is 2.00 bits per heavy atom. The van der Waals surface area contributed by atoms with Crippen LogP contribution in [0.2, 0.25) is 5.02 Å². The van der Waals surface area contributed by atoms with Gasteiger partial charge in [-0.2, -0.15) is 0 Å². The molecule has 20 heavy (non-hydrogen) atoms. The van der Waals surface area contributed by atoms with E-state index >= 15 is 0 Å². The summed E-state index contributed by atoms with van der Waals surface area (Å²) in [4.78, 5) is 10.9. The van der Waals surface area contributed by atoms with Gasteiger partial charge in [-0.05, 0) is 30.3 Å². The Kier molecular flexibility index (Phi) is 2.95. The molecule has 0 saturated carbocycles. The van der Waals surface area contributed by atoms with E-state index in [-0.39, 0.29) is 16.9 Å². The highest BCUT2D eigenvalue weighted by Crippen LogP contribution is 2.33. The van der Waals surface area contributed by atoms with Crippen LogP contribution >= 0.6 is 11.6 Å². The van der Waals surface area contributed by atoms with Gasteiger partial charge < -0.3 is 9.52 Å². The minimum atomic E-state index is -1.12. The van der Waals surface area contributed by atoms with Crippen molar-refractivity contribution in [2.75, 3.05) is 0 Å². The zero-order valence-corrected chi connectivity index (χ0v) is 10.8. The third kappa shape index (κ3) is 2.04. The van der Waals surface area contributed by atoms with E-state index in [1.807, 2.05) is 0 Å². The lowest BCUT2D eigenvalue weighted by Crippen LogP contribution is -1.97. The van der Waals surface area contributed by atoms with Crippen LogP contribution in [0.15, 0.2) is 46.9 Å². The molecule has 1 heterocycles. The first-order valence-electron chi connectivity index (χ1n) is 5.77. The fourth-order valence-corrected chi connectivity index (χ4v) is 2.23. The third-order valence-electron chi connectivity index (χ3n) is 2.97. The summed E-state index contributed by atoms with van der Waals surface area (Å²) in [5, 5.41) is 10.1. The Balaban J connectivity index is 2.22. The lowest BCUT2D eigenvalue weighted by molar-refractivity contribution is 0.0697. The van der Waals surface area contributed by atoms with Gasteiger partial charge in [-0.3, -0.25) is 0 Å². The van der Waals surface area contributed by atoms with E-state index in [1.54, 1.807) is 24.3 Å². The second kappa shape index (κ2) is 4.65. The molecule has 1 N–H and O–H groups in total. The van der Waals surface area contributed by atoms with Crippen molar-refractivity contribution in [2.45, 2.75) is 0 Å². The molecule has 100 valence electrons. The van der Waals surface area contributed by atoms with E-state index in [1.165, 1.54) is 12.1 Å². The fourth-order valence-electron chi connectivity index (χ4n) is 2.01. The Morgan fingerprint density at radius 3 is 2.70 bits per heavy atom. The number of carboxylic acids is 1. The van der Waals surface area contributed by atoms with Gasteiger partial charge in [0.15, 0.2) is 5.58 Å². The van der Waals surface area contributed by atoms with Gasteiger partial charge in [0, 0.05) is 5.39 Å². The Hall–Kier alpha value is -2.33. The molecule has 0 amide bonds. The average Bonchev–Trinajstić information content (AvgIpc) is 2.84. The maximum absolute atomic E-state index is 13.9. The number of furan rings is 1. The number of carbonyl (C=O) groups is 1. The van der Waals surface area contributed by atoms with Crippen LogP contribution < -0.4 is 0 Å². The minimum absolute atomic E-state index is 0.00652. The molecule has 0 spiro atoms. The van der Waals surface area contributed by atoms with Crippen molar-refractivity contribution in [1.29, 1.82) is 0 Å². The number of para-hydroxylation sites is 1. The SMILES string of the molecule is O=C(O)c1ccc(F)c(-c2cc3cccc(Cl)c3o2)c1. The van der Waals surface area contributed by atoms with Crippen LogP contribution in [0.1, 0.15) is 10.4 Å². The molecule has 3 rings (SSSR count). The first kappa shape index (κ1) is 12.7. The number of hydrogen-bond donors (Lipinski definition) is 1. The number of halogens is 2. The largest absolute Gasteiger partial charge is 0.478 e. The number of hydrogen-bond acceptors (Lipinski definition) is 2. The van der Waals surface area contributed by atoms with Gasteiger partial charge in [-0.1, -0.05) is 23.7 Å². The number of rotatable bonds is 2. The second-order valence-corrected chi connectivity index (χ2v) is 4.68. The number of aromatic carboxylic acids is 1.